The third kappa shape index (κ3) is 47.3. The van der Waals surface area contributed by atoms with Gasteiger partial charge in [0.1, 0.15) is 0 Å². The van der Waals surface area contributed by atoms with E-state index in [1.807, 2.05) is 0 Å². The summed E-state index contributed by atoms with van der Waals surface area (Å²) in [6, 6.07) is 0. The van der Waals surface area contributed by atoms with Gasteiger partial charge in [-0.15, -0.1) is 0 Å². The zero-order valence-corrected chi connectivity index (χ0v) is 38.8. The summed E-state index contributed by atoms with van der Waals surface area (Å²) in [5.74, 6) is 0.950. The van der Waals surface area contributed by atoms with Gasteiger partial charge in [-0.2, -0.15) is 0 Å². The van der Waals surface area contributed by atoms with Crippen molar-refractivity contribution in [3.63, 3.8) is 0 Å². The smallest absolute Gasteiger partial charge is 0.303 e. The number of hydrogen-bond donors (Lipinski definition) is 3. The summed E-state index contributed by atoms with van der Waals surface area (Å²) < 4.78 is 0. The first-order chi connectivity index (χ1) is 27.2. The average Bonchev–Trinajstić information content (AvgIpc) is 3.17. The van der Waals surface area contributed by atoms with Crippen LogP contribution in [-0.4, -0.2) is 33.4 Å². The Morgan fingerprint density at radius 3 is 1.07 bits per heavy atom. The number of unbranched alkanes of at least 4 members (excludes halogenated alkanes) is 26. The first-order valence-electron chi connectivity index (χ1n) is 25.3. The summed E-state index contributed by atoms with van der Waals surface area (Å²) >= 11 is 0. The van der Waals surface area contributed by atoms with E-state index in [0.717, 1.165) is 44.4 Å². The van der Waals surface area contributed by atoms with E-state index in [0.29, 0.717) is 24.7 Å². The van der Waals surface area contributed by atoms with Crippen LogP contribution in [0.4, 0.5) is 0 Å². The number of hydrogen-bond acceptors (Lipinski definition) is 3. The molecule has 0 bridgehead atoms. The molecule has 3 N–H and O–H groups in total. The Morgan fingerprint density at radius 1 is 0.375 bits per heavy atom. The predicted molar refractivity (Wildman–Crippen MR) is 245 cm³/mol. The highest BCUT2D eigenvalue weighted by Crippen LogP contribution is 2.28. The first-order valence-corrected chi connectivity index (χ1v) is 25.3. The van der Waals surface area contributed by atoms with E-state index in [1.54, 1.807) is 0 Å². The van der Waals surface area contributed by atoms with Crippen molar-refractivity contribution in [2.45, 2.75) is 298 Å². The summed E-state index contributed by atoms with van der Waals surface area (Å²) in [5.41, 5.74) is 0. The molecule has 0 fully saturated rings. The van der Waals surface area contributed by atoms with Crippen molar-refractivity contribution in [1.82, 2.24) is 0 Å². The highest BCUT2D eigenvalue weighted by molar-refractivity contribution is 5.66. The van der Waals surface area contributed by atoms with E-state index in [1.165, 1.54) is 205 Å². The molecular formula is C51H102O5. The second-order valence-electron chi connectivity index (χ2n) is 18.2. The van der Waals surface area contributed by atoms with E-state index >= 15 is 0 Å². The van der Waals surface area contributed by atoms with E-state index in [2.05, 4.69) is 34.6 Å². The number of aliphatic hydroxyl groups is 1. The molecule has 0 aliphatic carbocycles. The highest BCUT2D eigenvalue weighted by Gasteiger charge is 2.15. The number of rotatable bonds is 44. The molecule has 0 radical (unpaired) electrons. The van der Waals surface area contributed by atoms with Crippen LogP contribution in [0.5, 0.6) is 0 Å². The van der Waals surface area contributed by atoms with Gasteiger partial charge in [0.25, 0.3) is 0 Å². The van der Waals surface area contributed by atoms with Gasteiger partial charge in [-0.3, -0.25) is 9.59 Å². The van der Waals surface area contributed by atoms with Crippen molar-refractivity contribution in [3.05, 3.63) is 0 Å². The predicted octanol–water partition coefficient (Wildman–Crippen LogP) is 17.1. The number of aliphatic carboxylic acids is 2. The third-order valence-corrected chi connectivity index (χ3v) is 12.4. The van der Waals surface area contributed by atoms with Crippen LogP contribution in [0, 0.1) is 17.8 Å². The zero-order valence-electron chi connectivity index (χ0n) is 38.8. The summed E-state index contributed by atoms with van der Waals surface area (Å²) in [6.45, 7) is 11.2. The van der Waals surface area contributed by atoms with E-state index in [4.69, 9.17) is 10.2 Å². The Morgan fingerprint density at radius 2 is 0.679 bits per heavy atom. The third-order valence-electron chi connectivity index (χ3n) is 12.4. The molecule has 0 spiro atoms. The molecule has 0 amide bonds. The minimum atomic E-state index is -0.659. The molecule has 3 unspecified atom stereocenters. The fraction of sp³-hybridized carbons (Fsp3) is 0.961. The first kappa shape index (κ1) is 57.0. The normalized spacial score (nSPS) is 13.1. The van der Waals surface area contributed by atoms with Gasteiger partial charge in [0.2, 0.25) is 0 Å². The fourth-order valence-electron chi connectivity index (χ4n) is 8.35. The minimum absolute atomic E-state index is 0.0476. The van der Waals surface area contributed by atoms with Crippen molar-refractivity contribution < 1.29 is 24.9 Å². The highest BCUT2D eigenvalue weighted by atomic mass is 16.4. The van der Waals surface area contributed by atoms with Crippen LogP contribution in [0.15, 0.2) is 0 Å². The molecule has 0 aromatic heterocycles. The van der Waals surface area contributed by atoms with Gasteiger partial charge in [-0.25, -0.2) is 0 Å². The van der Waals surface area contributed by atoms with Gasteiger partial charge in [-0.1, -0.05) is 247 Å². The molecule has 0 aromatic rings. The molecule has 0 rings (SSSR count). The van der Waals surface area contributed by atoms with Crippen molar-refractivity contribution in [2.75, 3.05) is 0 Å². The molecule has 0 aromatic carbocycles. The molecular weight excluding hydrogens is 693 g/mol. The molecule has 5 heteroatoms. The summed E-state index contributed by atoms with van der Waals surface area (Å²) in [6.07, 6.45) is 50.2. The van der Waals surface area contributed by atoms with Crippen molar-refractivity contribution in [2.24, 2.45) is 17.8 Å². The Balaban J connectivity index is 0. The molecule has 336 valence electrons. The van der Waals surface area contributed by atoms with Crippen LogP contribution in [0.3, 0.4) is 0 Å². The lowest BCUT2D eigenvalue weighted by molar-refractivity contribution is -0.138. The Bertz CT molecular complexity index is 782. The van der Waals surface area contributed by atoms with Gasteiger partial charge < -0.3 is 15.3 Å². The maximum absolute atomic E-state index is 10.8. The number of carboxylic acids is 2. The molecule has 0 aliphatic heterocycles. The van der Waals surface area contributed by atoms with Gasteiger partial charge in [0, 0.05) is 12.8 Å². The second-order valence-corrected chi connectivity index (χ2v) is 18.2. The molecule has 0 heterocycles. The monoisotopic (exact) mass is 795 g/mol. The quantitative estimate of drug-likeness (QED) is 0.0534. The van der Waals surface area contributed by atoms with Crippen LogP contribution < -0.4 is 0 Å². The van der Waals surface area contributed by atoms with Crippen molar-refractivity contribution >= 4 is 11.9 Å². The lowest BCUT2D eigenvalue weighted by Gasteiger charge is -2.21. The molecule has 0 saturated carbocycles. The van der Waals surface area contributed by atoms with Crippen LogP contribution in [0.1, 0.15) is 291 Å². The zero-order chi connectivity index (χ0) is 41.7. The van der Waals surface area contributed by atoms with E-state index in [-0.39, 0.29) is 6.10 Å². The largest absolute Gasteiger partial charge is 0.481 e. The van der Waals surface area contributed by atoms with Gasteiger partial charge >= 0.3 is 11.9 Å². The average molecular weight is 795 g/mol. The van der Waals surface area contributed by atoms with Crippen LogP contribution in [-0.2, 0) is 9.59 Å². The summed E-state index contributed by atoms with van der Waals surface area (Å²) in [7, 11) is 0. The molecule has 56 heavy (non-hydrogen) atoms. The number of carbonyl (C=O) groups is 2. The van der Waals surface area contributed by atoms with Crippen LogP contribution in [0.2, 0.25) is 0 Å². The van der Waals surface area contributed by atoms with E-state index < -0.39 is 11.9 Å². The molecule has 0 saturated heterocycles. The van der Waals surface area contributed by atoms with E-state index in [9.17, 15) is 14.7 Å². The second kappa shape index (κ2) is 46.6. The molecule has 0 aliphatic rings. The maximum Gasteiger partial charge on any atom is 0.303 e. The number of carboxylic acid groups (broad SMARTS) is 2. The van der Waals surface area contributed by atoms with Gasteiger partial charge in [-0.05, 0) is 49.9 Å². The van der Waals surface area contributed by atoms with Gasteiger partial charge in [0.05, 0.1) is 6.10 Å². The standard InChI is InChI=1S/C35H68O4.C16H34O/c1-4-5-24-32(26-21-22-27-33(31(2)3)28-23-30-35(38)39)25-19-17-15-13-11-9-7-6-8-10-12-14-16-18-20-29-34(36)37;1-3-5-6-7-8-9-10-11-12-13-14-15-16(17)4-2/h31-33H,4-30H2,1-3H3,(H,36,37)(H,38,39);16-17H,3-15H2,1-2H3. The lowest BCUT2D eigenvalue weighted by Crippen LogP contribution is -2.10. The van der Waals surface area contributed by atoms with Gasteiger partial charge in [0.15, 0.2) is 0 Å². The number of aliphatic hydroxyl groups excluding tert-OH is 1. The maximum atomic E-state index is 10.8. The summed E-state index contributed by atoms with van der Waals surface area (Å²) in [4.78, 5) is 21.3. The van der Waals surface area contributed by atoms with Crippen molar-refractivity contribution in [3.8, 4) is 0 Å². The summed E-state index contributed by atoms with van der Waals surface area (Å²) in [5, 5.41) is 27.0. The minimum Gasteiger partial charge on any atom is -0.481 e. The molecule has 3 atom stereocenters. The fourth-order valence-corrected chi connectivity index (χ4v) is 8.35. The lowest BCUT2D eigenvalue weighted by atomic mass is 9.84. The topological polar surface area (TPSA) is 94.8 Å². The van der Waals surface area contributed by atoms with Crippen LogP contribution >= 0.6 is 0 Å². The molecule has 5 nitrogen and oxygen atoms in total. The Hall–Kier alpha value is -1.10. The van der Waals surface area contributed by atoms with Crippen LogP contribution in [0.25, 0.3) is 0 Å². The van der Waals surface area contributed by atoms with Crippen molar-refractivity contribution in [1.29, 1.82) is 0 Å². The Kier molecular flexibility index (Phi) is 47.4. The Labute approximate surface area is 351 Å². The SMILES string of the molecule is CCCCC(CCCCCCCCCCCCCCCCCC(=O)O)CCCCC(CCCC(=O)O)C(C)C.CCCCCCCCCCCCCC(O)CC.